The van der Waals surface area contributed by atoms with E-state index in [1.54, 1.807) is 0 Å². The summed E-state index contributed by atoms with van der Waals surface area (Å²) in [7, 11) is 0. The van der Waals surface area contributed by atoms with Crippen LogP contribution in [0.5, 0.6) is 0 Å². The lowest BCUT2D eigenvalue weighted by Crippen LogP contribution is -2.49. The second-order valence-electron chi connectivity index (χ2n) is 4.79. The predicted octanol–water partition coefficient (Wildman–Crippen LogP) is 1.44. The molecule has 0 bridgehead atoms. The minimum atomic E-state index is 0.0537. The number of amides is 2. The smallest absolute Gasteiger partial charge is 0.254 e. The molecule has 0 saturated carbocycles. The highest BCUT2D eigenvalue weighted by atomic mass is 16.2. The molecule has 0 radical (unpaired) electrons. The number of piperazine rings is 1. The quantitative estimate of drug-likeness (QED) is 0.750. The van der Waals surface area contributed by atoms with Crippen molar-refractivity contribution in [1.29, 1.82) is 0 Å². The van der Waals surface area contributed by atoms with Crippen LogP contribution >= 0.6 is 0 Å². The fraction of sp³-hybridized carbons (Fsp3) is 0.429. The van der Waals surface area contributed by atoms with E-state index in [9.17, 15) is 9.59 Å². The topological polar surface area (TPSA) is 40.6 Å². The van der Waals surface area contributed by atoms with E-state index in [2.05, 4.69) is 0 Å². The molecule has 1 aromatic carbocycles. The Morgan fingerprint density at radius 1 is 1.33 bits per heavy atom. The predicted molar refractivity (Wildman–Crippen MR) is 67.1 cm³/mol. The van der Waals surface area contributed by atoms with E-state index in [-0.39, 0.29) is 17.9 Å². The SMILES string of the molecule is CCC(=O)N1CCN2C(=O)c3ccccc3C2C1. The first-order valence-corrected chi connectivity index (χ1v) is 6.40. The van der Waals surface area contributed by atoms with Crippen molar-refractivity contribution in [1.82, 2.24) is 9.80 Å². The molecule has 2 heterocycles. The van der Waals surface area contributed by atoms with Crippen molar-refractivity contribution in [3.63, 3.8) is 0 Å². The van der Waals surface area contributed by atoms with Crippen LogP contribution in [0.15, 0.2) is 24.3 Å². The lowest BCUT2D eigenvalue weighted by atomic mass is 10.0. The number of rotatable bonds is 1. The Balaban J connectivity index is 1.92. The largest absolute Gasteiger partial charge is 0.339 e. The average molecular weight is 244 g/mol. The molecule has 1 saturated heterocycles. The third-order valence-electron chi connectivity index (χ3n) is 3.85. The molecule has 18 heavy (non-hydrogen) atoms. The van der Waals surface area contributed by atoms with Crippen LogP contribution in [-0.2, 0) is 4.79 Å². The van der Waals surface area contributed by atoms with Gasteiger partial charge in [0.2, 0.25) is 5.91 Å². The highest BCUT2D eigenvalue weighted by Gasteiger charge is 2.40. The summed E-state index contributed by atoms with van der Waals surface area (Å²) in [5.74, 6) is 0.283. The van der Waals surface area contributed by atoms with Gasteiger partial charge in [-0.2, -0.15) is 0 Å². The van der Waals surface area contributed by atoms with Gasteiger partial charge in [0, 0.05) is 31.6 Å². The third kappa shape index (κ3) is 1.52. The van der Waals surface area contributed by atoms with Gasteiger partial charge in [0.25, 0.3) is 5.91 Å². The maximum atomic E-state index is 12.2. The summed E-state index contributed by atoms with van der Waals surface area (Å²) in [6.45, 7) is 3.81. The minimum Gasteiger partial charge on any atom is -0.339 e. The van der Waals surface area contributed by atoms with E-state index in [4.69, 9.17) is 0 Å². The van der Waals surface area contributed by atoms with E-state index < -0.39 is 0 Å². The summed E-state index contributed by atoms with van der Waals surface area (Å²) >= 11 is 0. The number of hydrogen-bond acceptors (Lipinski definition) is 2. The summed E-state index contributed by atoms with van der Waals surface area (Å²) in [5, 5.41) is 0. The van der Waals surface area contributed by atoms with Crippen molar-refractivity contribution in [3.05, 3.63) is 35.4 Å². The van der Waals surface area contributed by atoms with E-state index in [0.29, 0.717) is 26.1 Å². The maximum Gasteiger partial charge on any atom is 0.254 e. The van der Waals surface area contributed by atoms with Gasteiger partial charge in [-0.05, 0) is 11.6 Å². The molecule has 0 N–H and O–H groups in total. The molecule has 0 aromatic heterocycles. The lowest BCUT2D eigenvalue weighted by molar-refractivity contribution is -0.133. The molecule has 2 aliphatic heterocycles. The molecule has 4 heteroatoms. The molecule has 1 atom stereocenters. The van der Waals surface area contributed by atoms with E-state index >= 15 is 0 Å². The molecule has 2 aliphatic rings. The highest BCUT2D eigenvalue weighted by molar-refractivity contribution is 5.99. The van der Waals surface area contributed by atoms with Gasteiger partial charge in [-0.3, -0.25) is 9.59 Å². The minimum absolute atomic E-state index is 0.0537. The Bertz CT molecular complexity index is 512. The van der Waals surface area contributed by atoms with Crippen LogP contribution in [0.3, 0.4) is 0 Å². The van der Waals surface area contributed by atoms with Crippen molar-refractivity contribution < 1.29 is 9.59 Å². The standard InChI is InChI=1S/C14H16N2O2/c1-2-13(17)15-7-8-16-12(9-15)10-5-3-4-6-11(10)14(16)18/h3-6,12H,2,7-9H2,1H3. The molecule has 0 spiro atoms. The second kappa shape index (κ2) is 4.12. The molecule has 1 aromatic rings. The van der Waals surface area contributed by atoms with Gasteiger partial charge in [0.1, 0.15) is 0 Å². The average Bonchev–Trinajstić information content (AvgIpc) is 2.72. The fourth-order valence-corrected chi connectivity index (χ4v) is 2.88. The molecule has 2 amide bonds. The van der Waals surface area contributed by atoms with Gasteiger partial charge in [0.15, 0.2) is 0 Å². The van der Waals surface area contributed by atoms with Crippen molar-refractivity contribution in [2.75, 3.05) is 19.6 Å². The van der Waals surface area contributed by atoms with Gasteiger partial charge in [-0.25, -0.2) is 0 Å². The van der Waals surface area contributed by atoms with Crippen molar-refractivity contribution >= 4 is 11.8 Å². The summed E-state index contributed by atoms with van der Waals surface area (Å²) in [5.41, 5.74) is 1.87. The zero-order valence-electron chi connectivity index (χ0n) is 10.4. The van der Waals surface area contributed by atoms with Gasteiger partial charge in [-0.1, -0.05) is 25.1 Å². The van der Waals surface area contributed by atoms with Crippen LogP contribution in [0.25, 0.3) is 0 Å². The normalized spacial score (nSPS) is 21.8. The van der Waals surface area contributed by atoms with Crippen LogP contribution in [0.2, 0.25) is 0 Å². The van der Waals surface area contributed by atoms with Gasteiger partial charge < -0.3 is 9.80 Å². The molecule has 4 nitrogen and oxygen atoms in total. The number of fused-ring (bicyclic) bond motifs is 3. The Morgan fingerprint density at radius 2 is 2.11 bits per heavy atom. The monoisotopic (exact) mass is 244 g/mol. The number of carbonyl (C=O) groups is 2. The van der Waals surface area contributed by atoms with E-state index in [0.717, 1.165) is 11.1 Å². The van der Waals surface area contributed by atoms with Gasteiger partial charge in [0.05, 0.1) is 6.04 Å². The molecule has 1 fully saturated rings. The molecule has 0 aliphatic carbocycles. The van der Waals surface area contributed by atoms with Gasteiger partial charge in [-0.15, -0.1) is 0 Å². The summed E-state index contributed by atoms with van der Waals surface area (Å²) in [4.78, 5) is 27.7. The zero-order chi connectivity index (χ0) is 12.7. The van der Waals surface area contributed by atoms with Crippen LogP contribution in [-0.4, -0.2) is 41.2 Å². The molecule has 1 unspecified atom stereocenters. The van der Waals surface area contributed by atoms with Gasteiger partial charge >= 0.3 is 0 Å². The van der Waals surface area contributed by atoms with Crippen molar-refractivity contribution in [3.8, 4) is 0 Å². The third-order valence-corrected chi connectivity index (χ3v) is 3.85. The summed E-state index contributed by atoms with van der Waals surface area (Å²) in [6.07, 6.45) is 0.530. The zero-order valence-corrected chi connectivity index (χ0v) is 10.4. The van der Waals surface area contributed by atoms with Crippen molar-refractivity contribution in [2.45, 2.75) is 19.4 Å². The number of benzene rings is 1. The number of carbonyl (C=O) groups excluding carboxylic acids is 2. The molecule has 3 rings (SSSR count). The Hall–Kier alpha value is -1.84. The van der Waals surface area contributed by atoms with Crippen LogP contribution in [0.4, 0.5) is 0 Å². The van der Waals surface area contributed by atoms with E-state index in [1.807, 2.05) is 41.0 Å². The van der Waals surface area contributed by atoms with Crippen LogP contribution < -0.4 is 0 Å². The molecular weight excluding hydrogens is 228 g/mol. The fourth-order valence-electron chi connectivity index (χ4n) is 2.88. The van der Waals surface area contributed by atoms with Crippen LogP contribution in [0.1, 0.15) is 35.3 Å². The Morgan fingerprint density at radius 3 is 2.89 bits per heavy atom. The Labute approximate surface area is 106 Å². The lowest BCUT2D eigenvalue weighted by Gasteiger charge is -2.37. The Kier molecular flexibility index (Phi) is 2.58. The first kappa shape index (κ1) is 11.3. The summed E-state index contributed by atoms with van der Waals surface area (Å²) in [6, 6.07) is 7.78. The first-order chi connectivity index (χ1) is 8.72. The van der Waals surface area contributed by atoms with Crippen molar-refractivity contribution in [2.24, 2.45) is 0 Å². The van der Waals surface area contributed by atoms with Crippen LogP contribution in [0, 0.1) is 0 Å². The van der Waals surface area contributed by atoms with E-state index in [1.165, 1.54) is 0 Å². The molecule has 94 valence electrons. The highest BCUT2D eigenvalue weighted by Crippen LogP contribution is 2.35. The summed E-state index contributed by atoms with van der Waals surface area (Å²) < 4.78 is 0. The maximum absolute atomic E-state index is 12.2. The number of nitrogens with zero attached hydrogens (tertiary/aromatic N) is 2. The second-order valence-corrected chi connectivity index (χ2v) is 4.79. The first-order valence-electron chi connectivity index (χ1n) is 6.40. The number of hydrogen-bond donors (Lipinski definition) is 0. The molecular formula is C14H16N2O2.